The molecule has 0 bridgehead atoms. The number of nitrogens with zero attached hydrogens (tertiary/aromatic N) is 5. The van der Waals surface area contributed by atoms with Gasteiger partial charge in [0, 0.05) is 18.9 Å². The monoisotopic (exact) mass is 493 g/mol. The van der Waals surface area contributed by atoms with Crippen molar-refractivity contribution < 1.29 is 4.79 Å². The summed E-state index contributed by atoms with van der Waals surface area (Å²) in [6.07, 6.45) is 4.83. The Hall–Kier alpha value is -3.71. The SMILES string of the molecule is C=CCn1c(SCC(=O)N2N=C(c3ccc4ccccc4c3)CC2c2ccccc2)nnc1C1CC1. The van der Waals surface area contributed by atoms with Crippen LogP contribution in [0.3, 0.4) is 0 Å². The summed E-state index contributed by atoms with van der Waals surface area (Å²) in [5.74, 6) is 1.70. The van der Waals surface area contributed by atoms with Crippen LogP contribution in [0.25, 0.3) is 10.8 Å². The summed E-state index contributed by atoms with van der Waals surface area (Å²) in [5, 5.41) is 18.4. The second-order valence-corrected chi connectivity index (χ2v) is 10.2. The third-order valence-corrected chi connectivity index (χ3v) is 7.71. The van der Waals surface area contributed by atoms with E-state index >= 15 is 0 Å². The van der Waals surface area contributed by atoms with Gasteiger partial charge in [0.1, 0.15) is 5.82 Å². The van der Waals surface area contributed by atoms with E-state index < -0.39 is 0 Å². The van der Waals surface area contributed by atoms with Crippen LogP contribution >= 0.6 is 11.8 Å². The highest BCUT2D eigenvalue weighted by atomic mass is 32.2. The van der Waals surface area contributed by atoms with E-state index in [0.717, 1.165) is 40.7 Å². The van der Waals surface area contributed by atoms with Crippen LogP contribution in [0.1, 0.15) is 48.2 Å². The number of aromatic nitrogens is 3. The molecule has 2 heterocycles. The predicted octanol–water partition coefficient (Wildman–Crippen LogP) is 5.96. The first-order chi connectivity index (χ1) is 17.7. The van der Waals surface area contributed by atoms with E-state index in [-0.39, 0.29) is 17.7 Å². The second-order valence-electron chi connectivity index (χ2n) is 9.28. The number of hydrogen-bond donors (Lipinski definition) is 0. The molecule has 7 heteroatoms. The van der Waals surface area contributed by atoms with Crippen molar-refractivity contribution in [2.45, 2.75) is 42.9 Å². The Balaban J connectivity index is 1.27. The first-order valence-electron chi connectivity index (χ1n) is 12.3. The molecule has 1 aliphatic heterocycles. The van der Waals surface area contributed by atoms with Crippen LogP contribution in [0.2, 0.25) is 0 Å². The van der Waals surface area contributed by atoms with Crippen LogP contribution < -0.4 is 0 Å². The summed E-state index contributed by atoms with van der Waals surface area (Å²) in [4.78, 5) is 13.5. The minimum absolute atomic E-state index is 0.0363. The fourth-order valence-electron chi connectivity index (χ4n) is 4.76. The summed E-state index contributed by atoms with van der Waals surface area (Å²) in [5.41, 5.74) is 3.07. The van der Waals surface area contributed by atoms with Gasteiger partial charge in [-0.3, -0.25) is 4.79 Å². The van der Waals surface area contributed by atoms with Crippen molar-refractivity contribution in [1.29, 1.82) is 0 Å². The molecule has 3 aromatic carbocycles. The smallest absolute Gasteiger partial charge is 0.253 e. The van der Waals surface area contributed by atoms with Crippen molar-refractivity contribution in [3.63, 3.8) is 0 Å². The molecule has 1 unspecified atom stereocenters. The zero-order chi connectivity index (χ0) is 24.5. The lowest BCUT2D eigenvalue weighted by Gasteiger charge is -2.22. The highest BCUT2D eigenvalue weighted by Gasteiger charge is 2.34. The quantitative estimate of drug-likeness (QED) is 0.224. The molecule has 1 saturated carbocycles. The molecule has 4 aromatic rings. The van der Waals surface area contributed by atoms with E-state index in [9.17, 15) is 4.79 Å². The molecule has 6 nitrogen and oxygen atoms in total. The topological polar surface area (TPSA) is 63.4 Å². The van der Waals surface area contributed by atoms with Gasteiger partial charge in [-0.2, -0.15) is 5.10 Å². The number of benzene rings is 3. The third-order valence-electron chi connectivity index (χ3n) is 6.76. The van der Waals surface area contributed by atoms with Gasteiger partial charge >= 0.3 is 0 Å². The Morgan fingerprint density at radius 1 is 1.00 bits per heavy atom. The maximum Gasteiger partial charge on any atom is 0.253 e. The van der Waals surface area contributed by atoms with Crippen LogP contribution in [-0.2, 0) is 11.3 Å². The molecule has 180 valence electrons. The zero-order valence-electron chi connectivity index (χ0n) is 20.0. The summed E-state index contributed by atoms with van der Waals surface area (Å²) in [6, 6.07) is 24.7. The lowest BCUT2D eigenvalue weighted by atomic mass is 9.97. The summed E-state index contributed by atoms with van der Waals surface area (Å²) in [6.45, 7) is 4.53. The average Bonchev–Trinajstić information content (AvgIpc) is 3.53. The molecule has 1 aromatic heterocycles. The molecule has 1 atom stereocenters. The molecule has 0 N–H and O–H groups in total. The average molecular weight is 494 g/mol. The van der Waals surface area contributed by atoms with Crippen molar-refractivity contribution in [2.75, 3.05) is 5.75 Å². The lowest BCUT2D eigenvalue weighted by molar-refractivity contribution is -0.130. The fourth-order valence-corrected chi connectivity index (χ4v) is 5.57. The van der Waals surface area contributed by atoms with E-state index in [1.807, 2.05) is 36.4 Å². The maximum absolute atomic E-state index is 13.5. The van der Waals surface area contributed by atoms with Crippen LogP contribution in [-0.4, -0.2) is 37.1 Å². The van der Waals surface area contributed by atoms with Gasteiger partial charge in [-0.25, -0.2) is 5.01 Å². The third kappa shape index (κ3) is 4.46. The molecule has 0 radical (unpaired) electrons. The number of fused-ring (bicyclic) bond motifs is 1. The van der Waals surface area contributed by atoms with Gasteiger partial charge in [-0.15, -0.1) is 16.8 Å². The molecule has 0 saturated heterocycles. The lowest BCUT2D eigenvalue weighted by Crippen LogP contribution is -2.28. The first-order valence-corrected chi connectivity index (χ1v) is 13.3. The second kappa shape index (κ2) is 9.74. The van der Waals surface area contributed by atoms with E-state index in [1.54, 1.807) is 5.01 Å². The van der Waals surface area contributed by atoms with Crippen molar-refractivity contribution in [1.82, 2.24) is 19.8 Å². The highest BCUT2D eigenvalue weighted by Crippen LogP contribution is 2.40. The van der Waals surface area contributed by atoms with Gasteiger partial charge in [0.2, 0.25) is 0 Å². The Morgan fingerprint density at radius 3 is 2.56 bits per heavy atom. The van der Waals surface area contributed by atoms with Crippen molar-refractivity contribution in [3.05, 3.63) is 102 Å². The molecule has 1 fully saturated rings. The van der Waals surface area contributed by atoms with Gasteiger partial charge in [0.15, 0.2) is 5.16 Å². The van der Waals surface area contributed by atoms with Crippen LogP contribution in [0, 0.1) is 0 Å². The van der Waals surface area contributed by atoms with Gasteiger partial charge in [0.05, 0.1) is 17.5 Å². The van der Waals surface area contributed by atoms with E-state index in [2.05, 4.69) is 63.8 Å². The minimum atomic E-state index is -0.131. The Kier molecular flexibility index (Phi) is 6.15. The number of hydrogen-bond acceptors (Lipinski definition) is 5. The zero-order valence-corrected chi connectivity index (χ0v) is 20.8. The number of amides is 1. The standard InChI is InChI=1S/C29H27N5OS/c1-2-16-33-28(22-13-14-22)30-31-29(33)36-19-27(35)34-26(21-9-4-3-5-10-21)18-25(32-34)24-15-12-20-8-6-7-11-23(20)17-24/h2-12,15,17,22,26H,1,13-14,16,18-19H2. The molecule has 2 aliphatic rings. The van der Waals surface area contributed by atoms with Gasteiger partial charge in [-0.05, 0) is 40.8 Å². The Bertz CT molecular complexity index is 1460. The predicted molar refractivity (Wildman–Crippen MR) is 144 cm³/mol. The van der Waals surface area contributed by atoms with E-state index in [1.165, 1.54) is 22.5 Å². The molecule has 36 heavy (non-hydrogen) atoms. The van der Waals surface area contributed by atoms with Crippen molar-refractivity contribution >= 4 is 34.2 Å². The number of carbonyl (C=O) groups is 1. The number of carbonyl (C=O) groups excluding carboxylic acids is 1. The Morgan fingerprint density at radius 2 is 1.78 bits per heavy atom. The van der Waals surface area contributed by atoms with Crippen LogP contribution in [0.5, 0.6) is 0 Å². The molecular formula is C29H27N5OS. The minimum Gasteiger partial charge on any atom is -0.302 e. The normalized spacial score (nSPS) is 17.4. The summed E-state index contributed by atoms with van der Waals surface area (Å²) >= 11 is 1.43. The largest absolute Gasteiger partial charge is 0.302 e. The number of hydrazone groups is 1. The molecule has 6 rings (SSSR count). The highest BCUT2D eigenvalue weighted by molar-refractivity contribution is 7.99. The Labute approximate surface area is 214 Å². The van der Waals surface area contributed by atoms with Gasteiger partial charge < -0.3 is 4.57 Å². The fraction of sp³-hybridized carbons (Fsp3) is 0.241. The van der Waals surface area contributed by atoms with E-state index in [0.29, 0.717) is 18.9 Å². The first kappa shape index (κ1) is 22.7. The number of allylic oxidation sites excluding steroid dienone is 1. The van der Waals surface area contributed by atoms with Crippen molar-refractivity contribution in [3.8, 4) is 0 Å². The number of thioether (sulfide) groups is 1. The van der Waals surface area contributed by atoms with Gasteiger partial charge in [-0.1, -0.05) is 84.6 Å². The molecule has 1 amide bonds. The van der Waals surface area contributed by atoms with Crippen LogP contribution in [0.15, 0.2) is 95.7 Å². The molecule has 1 aliphatic carbocycles. The number of rotatable bonds is 8. The van der Waals surface area contributed by atoms with Gasteiger partial charge in [0.25, 0.3) is 5.91 Å². The maximum atomic E-state index is 13.5. The van der Waals surface area contributed by atoms with Crippen molar-refractivity contribution in [2.24, 2.45) is 5.10 Å². The summed E-state index contributed by atoms with van der Waals surface area (Å²) in [7, 11) is 0. The molecular weight excluding hydrogens is 466 g/mol. The van der Waals surface area contributed by atoms with E-state index in [4.69, 9.17) is 5.10 Å². The summed E-state index contributed by atoms with van der Waals surface area (Å²) < 4.78 is 2.09. The van der Waals surface area contributed by atoms with Crippen LogP contribution in [0.4, 0.5) is 0 Å². The molecule has 0 spiro atoms.